The Morgan fingerprint density at radius 2 is 1.83 bits per heavy atom. The van der Waals surface area contributed by atoms with Crippen molar-refractivity contribution >= 4 is 16.9 Å². The molecule has 0 unspecified atom stereocenters. The van der Waals surface area contributed by atoms with Gasteiger partial charge in [0, 0.05) is 10.9 Å². The Morgan fingerprint density at radius 3 is 2.52 bits per heavy atom. The van der Waals surface area contributed by atoms with Crippen LogP contribution in [0.3, 0.4) is 0 Å². The van der Waals surface area contributed by atoms with Crippen molar-refractivity contribution in [1.29, 1.82) is 0 Å². The van der Waals surface area contributed by atoms with Crippen LogP contribution < -0.4 is 0 Å². The van der Waals surface area contributed by atoms with Gasteiger partial charge in [-0.1, -0.05) is 18.2 Å². The normalized spacial score (nSPS) is 10.9. The number of rotatable bonds is 4. The number of nitrogens with zero attached hydrogens (tertiary/aromatic N) is 1. The monoisotopic (exact) mass is 309 g/mol. The Morgan fingerprint density at radius 1 is 1.13 bits per heavy atom. The van der Waals surface area contributed by atoms with E-state index in [0.29, 0.717) is 6.61 Å². The number of aromatic hydroxyl groups is 1. The van der Waals surface area contributed by atoms with E-state index < -0.39 is 0 Å². The molecule has 0 aliphatic rings. The van der Waals surface area contributed by atoms with E-state index in [9.17, 15) is 9.90 Å². The summed E-state index contributed by atoms with van der Waals surface area (Å²) in [6.45, 7) is 4.38. The average Bonchev–Trinajstić information content (AvgIpc) is 2.82. The fraction of sp³-hybridized carbons (Fsp3) is 0.211. The zero-order valence-electron chi connectivity index (χ0n) is 13.2. The van der Waals surface area contributed by atoms with Gasteiger partial charge in [-0.05, 0) is 55.3 Å². The molecule has 1 aromatic heterocycles. The van der Waals surface area contributed by atoms with Crippen molar-refractivity contribution in [3.05, 3.63) is 54.1 Å². The molecule has 3 aromatic rings. The van der Waals surface area contributed by atoms with Gasteiger partial charge in [-0.3, -0.25) is 4.79 Å². The maximum Gasteiger partial charge on any atom is 0.325 e. The molecule has 1 heterocycles. The number of carbonyl (C=O) groups is 1. The number of benzene rings is 2. The third-order valence-corrected chi connectivity index (χ3v) is 3.96. The van der Waals surface area contributed by atoms with Crippen LogP contribution in [-0.2, 0) is 16.1 Å². The smallest absolute Gasteiger partial charge is 0.325 e. The highest BCUT2D eigenvalue weighted by atomic mass is 16.5. The van der Waals surface area contributed by atoms with Crippen molar-refractivity contribution in [3.63, 3.8) is 0 Å². The molecule has 4 heteroatoms. The number of carbonyl (C=O) groups excluding carboxylic acids is 1. The van der Waals surface area contributed by atoms with Crippen LogP contribution in [0.15, 0.2) is 48.5 Å². The van der Waals surface area contributed by atoms with Gasteiger partial charge < -0.3 is 14.4 Å². The van der Waals surface area contributed by atoms with Gasteiger partial charge in [0.2, 0.25) is 0 Å². The summed E-state index contributed by atoms with van der Waals surface area (Å²) in [5.41, 5.74) is 4.04. The molecule has 4 nitrogen and oxygen atoms in total. The van der Waals surface area contributed by atoms with E-state index in [-0.39, 0.29) is 18.3 Å². The summed E-state index contributed by atoms with van der Waals surface area (Å²) >= 11 is 0. The third kappa shape index (κ3) is 2.80. The second-order valence-corrected chi connectivity index (χ2v) is 5.43. The average molecular weight is 309 g/mol. The van der Waals surface area contributed by atoms with Crippen molar-refractivity contribution < 1.29 is 14.6 Å². The van der Waals surface area contributed by atoms with Crippen LogP contribution in [-0.4, -0.2) is 22.2 Å². The summed E-state index contributed by atoms with van der Waals surface area (Å²) in [6, 6.07) is 15.0. The molecule has 0 aliphatic carbocycles. The lowest BCUT2D eigenvalue weighted by atomic mass is 10.1. The Hall–Kier alpha value is -2.75. The van der Waals surface area contributed by atoms with Gasteiger partial charge in [-0.15, -0.1) is 0 Å². The SMILES string of the molecule is CCOC(=O)Cn1c(-c2ccc(O)cc2)c(C)c2ccccc21. The highest BCUT2D eigenvalue weighted by molar-refractivity contribution is 5.92. The fourth-order valence-electron chi connectivity index (χ4n) is 2.97. The molecule has 0 amide bonds. The van der Waals surface area contributed by atoms with Crippen LogP contribution in [0.4, 0.5) is 0 Å². The molecule has 2 aromatic carbocycles. The molecular weight excluding hydrogens is 290 g/mol. The predicted molar refractivity (Wildman–Crippen MR) is 90.4 cm³/mol. The number of aryl methyl sites for hydroxylation is 1. The van der Waals surface area contributed by atoms with Crippen molar-refractivity contribution in [3.8, 4) is 17.0 Å². The zero-order valence-corrected chi connectivity index (χ0v) is 13.2. The number of hydrogen-bond donors (Lipinski definition) is 1. The summed E-state index contributed by atoms with van der Waals surface area (Å²) < 4.78 is 7.10. The highest BCUT2D eigenvalue weighted by Crippen LogP contribution is 2.33. The second-order valence-electron chi connectivity index (χ2n) is 5.43. The molecule has 0 bridgehead atoms. The molecule has 0 aliphatic heterocycles. The Labute approximate surface area is 134 Å². The van der Waals surface area contributed by atoms with Gasteiger partial charge in [0.25, 0.3) is 0 Å². The first-order valence-corrected chi connectivity index (χ1v) is 7.64. The lowest BCUT2D eigenvalue weighted by Crippen LogP contribution is -2.14. The quantitative estimate of drug-likeness (QED) is 0.744. The van der Waals surface area contributed by atoms with Crippen LogP contribution >= 0.6 is 0 Å². The van der Waals surface area contributed by atoms with Gasteiger partial charge in [0.1, 0.15) is 12.3 Å². The summed E-state index contributed by atoms with van der Waals surface area (Å²) in [7, 11) is 0. The highest BCUT2D eigenvalue weighted by Gasteiger charge is 2.17. The first kappa shape index (κ1) is 15.2. The van der Waals surface area contributed by atoms with E-state index in [1.54, 1.807) is 19.1 Å². The molecule has 0 atom stereocenters. The lowest BCUT2D eigenvalue weighted by molar-refractivity contribution is -0.143. The van der Waals surface area contributed by atoms with Crippen molar-refractivity contribution in [2.45, 2.75) is 20.4 Å². The number of ether oxygens (including phenoxy) is 1. The van der Waals surface area contributed by atoms with Gasteiger partial charge in [-0.2, -0.15) is 0 Å². The summed E-state index contributed by atoms with van der Waals surface area (Å²) in [6.07, 6.45) is 0. The molecule has 0 fully saturated rings. The first-order chi connectivity index (χ1) is 11.1. The standard InChI is InChI=1S/C19H19NO3/c1-3-23-18(22)12-20-17-7-5-4-6-16(17)13(2)19(20)14-8-10-15(21)11-9-14/h4-11,21H,3,12H2,1-2H3. The van der Waals surface area contributed by atoms with E-state index in [1.165, 1.54) is 0 Å². The number of esters is 1. The summed E-state index contributed by atoms with van der Waals surface area (Å²) in [5.74, 6) is -0.0345. The van der Waals surface area contributed by atoms with Crippen molar-refractivity contribution in [2.75, 3.05) is 6.61 Å². The molecule has 0 saturated carbocycles. The first-order valence-electron chi connectivity index (χ1n) is 7.64. The van der Waals surface area contributed by atoms with Gasteiger partial charge in [0.05, 0.1) is 12.3 Å². The molecule has 0 saturated heterocycles. The summed E-state index contributed by atoms with van der Waals surface area (Å²) in [4.78, 5) is 12.0. The van der Waals surface area contributed by atoms with E-state index in [0.717, 1.165) is 27.7 Å². The van der Waals surface area contributed by atoms with Crippen LogP contribution in [0.2, 0.25) is 0 Å². The Balaban J connectivity index is 2.20. The second kappa shape index (κ2) is 6.16. The number of hydrogen-bond acceptors (Lipinski definition) is 3. The van der Waals surface area contributed by atoms with E-state index in [1.807, 2.05) is 41.8 Å². The maximum absolute atomic E-state index is 12.0. The fourth-order valence-corrected chi connectivity index (χ4v) is 2.97. The van der Waals surface area contributed by atoms with E-state index >= 15 is 0 Å². The molecule has 3 rings (SSSR count). The molecule has 1 N–H and O–H groups in total. The molecule has 0 spiro atoms. The van der Waals surface area contributed by atoms with Gasteiger partial charge in [0.15, 0.2) is 0 Å². The number of phenols is 1. The largest absolute Gasteiger partial charge is 0.508 e. The van der Waals surface area contributed by atoms with Crippen molar-refractivity contribution in [1.82, 2.24) is 4.57 Å². The Kier molecular flexibility index (Phi) is 4.06. The molecule has 0 radical (unpaired) electrons. The maximum atomic E-state index is 12.0. The molecule has 23 heavy (non-hydrogen) atoms. The topological polar surface area (TPSA) is 51.5 Å². The lowest BCUT2D eigenvalue weighted by Gasteiger charge is -2.11. The number of aromatic nitrogens is 1. The van der Waals surface area contributed by atoms with Crippen molar-refractivity contribution in [2.24, 2.45) is 0 Å². The van der Waals surface area contributed by atoms with E-state index in [4.69, 9.17) is 4.74 Å². The minimum atomic E-state index is -0.256. The number of phenolic OH excluding ortho intramolecular Hbond substituents is 1. The Bertz CT molecular complexity index is 847. The van der Waals surface area contributed by atoms with Crippen LogP contribution in [0.5, 0.6) is 5.75 Å². The minimum Gasteiger partial charge on any atom is -0.508 e. The van der Waals surface area contributed by atoms with Crippen LogP contribution in [0.1, 0.15) is 12.5 Å². The molecular formula is C19H19NO3. The minimum absolute atomic E-state index is 0.165. The molecule has 118 valence electrons. The zero-order chi connectivity index (χ0) is 16.4. The van der Waals surface area contributed by atoms with Crippen LogP contribution in [0, 0.1) is 6.92 Å². The summed E-state index contributed by atoms with van der Waals surface area (Å²) in [5, 5.41) is 10.6. The predicted octanol–water partition coefficient (Wildman–Crippen LogP) is 3.89. The third-order valence-electron chi connectivity index (χ3n) is 3.96. The number of para-hydroxylation sites is 1. The van der Waals surface area contributed by atoms with Gasteiger partial charge in [-0.25, -0.2) is 0 Å². The van der Waals surface area contributed by atoms with Gasteiger partial charge >= 0.3 is 5.97 Å². The van der Waals surface area contributed by atoms with E-state index in [2.05, 4.69) is 6.07 Å². The number of fused-ring (bicyclic) bond motifs is 1. The van der Waals surface area contributed by atoms with Crippen LogP contribution in [0.25, 0.3) is 22.2 Å².